The van der Waals surface area contributed by atoms with Crippen molar-refractivity contribution in [3.63, 3.8) is 0 Å². The molecular formula is C10H8F2N2O. The second-order valence-electron chi connectivity index (χ2n) is 2.94. The summed E-state index contributed by atoms with van der Waals surface area (Å²) in [6.45, 7) is 1.37. The summed E-state index contributed by atoms with van der Waals surface area (Å²) in [6.07, 6.45) is 0. The third-order valence-corrected chi connectivity index (χ3v) is 1.80. The van der Waals surface area contributed by atoms with Crippen LogP contribution in [0.4, 0.5) is 14.5 Å². The zero-order valence-corrected chi connectivity index (χ0v) is 7.92. The van der Waals surface area contributed by atoms with Gasteiger partial charge in [-0.3, -0.25) is 4.79 Å². The first-order valence-electron chi connectivity index (χ1n) is 4.20. The standard InChI is InChI=1S/C10H8F2N2O/c1-6(5-13)10(15)14-8-4-2-3-7(11)9(8)12/h2-4,6H,1H3,(H,14,15). The van der Waals surface area contributed by atoms with E-state index in [1.165, 1.54) is 19.1 Å². The summed E-state index contributed by atoms with van der Waals surface area (Å²) < 4.78 is 25.8. The summed E-state index contributed by atoms with van der Waals surface area (Å²) in [4.78, 5) is 11.2. The molecule has 0 saturated heterocycles. The lowest BCUT2D eigenvalue weighted by Crippen LogP contribution is -2.19. The van der Waals surface area contributed by atoms with Crippen molar-refractivity contribution in [3.8, 4) is 6.07 Å². The Labute approximate surface area is 85.3 Å². The van der Waals surface area contributed by atoms with Crippen LogP contribution < -0.4 is 5.32 Å². The molecule has 1 N–H and O–H groups in total. The molecule has 0 radical (unpaired) electrons. The molecule has 0 aliphatic rings. The topological polar surface area (TPSA) is 52.9 Å². The van der Waals surface area contributed by atoms with E-state index in [-0.39, 0.29) is 5.69 Å². The summed E-state index contributed by atoms with van der Waals surface area (Å²) in [5.74, 6) is -3.75. The molecule has 1 atom stereocenters. The van der Waals surface area contributed by atoms with Crippen LogP contribution in [0.3, 0.4) is 0 Å². The van der Waals surface area contributed by atoms with E-state index in [0.717, 1.165) is 6.07 Å². The van der Waals surface area contributed by atoms with Crippen LogP contribution in [0.1, 0.15) is 6.92 Å². The highest BCUT2D eigenvalue weighted by Gasteiger charge is 2.15. The minimum Gasteiger partial charge on any atom is -0.322 e. The number of hydrogen-bond acceptors (Lipinski definition) is 2. The van der Waals surface area contributed by atoms with E-state index in [0.29, 0.717) is 0 Å². The monoisotopic (exact) mass is 210 g/mol. The first-order chi connectivity index (χ1) is 7.06. The lowest BCUT2D eigenvalue weighted by Gasteiger charge is -2.07. The molecular weight excluding hydrogens is 202 g/mol. The molecule has 0 bridgehead atoms. The Morgan fingerprint density at radius 2 is 2.20 bits per heavy atom. The van der Waals surface area contributed by atoms with Crippen molar-refractivity contribution in [1.29, 1.82) is 5.26 Å². The molecule has 3 nitrogen and oxygen atoms in total. The highest BCUT2D eigenvalue weighted by Crippen LogP contribution is 2.17. The second kappa shape index (κ2) is 4.51. The average molecular weight is 210 g/mol. The van der Waals surface area contributed by atoms with Crippen molar-refractivity contribution in [3.05, 3.63) is 29.8 Å². The predicted molar refractivity (Wildman–Crippen MR) is 49.8 cm³/mol. The predicted octanol–water partition coefficient (Wildman–Crippen LogP) is 2.06. The molecule has 0 aromatic heterocycles. The zero-order chi connectivity index (χ0) is 11.4. The molecule has 1 aromatic carbocycles. The number of hydrogen-bond donors (Lipinski definition) is 1. The largest absolute Gasteiger partial charge is 0.322 e. The van der Waals surface area contributed by atoms with Gasteiger partial charge in [0, 0.05) is 0 Å². The minimum absolute atomic E-state index is 0.262. The maximum Gasteiger partial charge on any atom is 0.241 e. The lowest BCUT2D eigenvalue weighted by atomic mass is 10.2. The van der Waals surface area contributed by atoms with Gasteiger partial charge in [-0.25, -0.2) is 8.78 Å². The van der Waals surface area contributed by atoms with Crippen LogP contribution in [-0.2, 0) is 4.79 Å². The fourth-order valence-corrected chi connectivity index (χ4v) is 0.900. The highest BCUT2D eigenvalue weighted by molar-refractivity contribution is 5.93. The third kappa shape index (κ3) is 2.50. The van der Waals surface area contributed by atoms with Gasteiger partial charge in [0.2, 0.25) is 5.91 Å². The first-order valence-corrected chi connectivity index (χ1v) is 4.20. The van der Waals surface area contributed by atoms with Crippen LogP contribution in [0, 0.1) is 28.9 Å². The summed E-state index contributed by atoms with van der Waals surface area (Å²) in [6, 6.07) is 5.13. The van der Waals surface area contributed by atoms with Gasteiger partial charge < -0.3 is 5.32 Å². The van der Waals surface area contributed by atoms with Gasteiger partial charge in [-0.15, -0.1) is 0 Å². The van der Waals surface area contributed by atoms with Gasteiger partial charge in [0.1, 0.15) is 5.92 Å². The fraction of sp³-hybridized carbons (Fsp3) is 0.200. The van der Waals surface area contributed by atoms with E-state index >= 15 is 0 Å². The Bertz CT molecular complexity index is 426. The number of nitrogens with zero attached hydrogens (tertiary/aromatic N) is 1. The molecule has 0 aliphatic carbocycles. The van der Waals surface area contributed by atoms with E-state index in [1.54, 1.807) is 6.07 Å². The number of benzene rings is 1. The van der Waals surface area contributed by atoms with Crippen LogP contribution in [0.25, 0.3) is 0 Å². The summed E-state index contributed by atoms with van der Waals surface area (Å²) in [5, 5.41) is 10.6. The molecule has 1 rings (SSSR count). The summed E-state index contributed by atoms with van der Waals surface area (Å²) in [7, 11) is 0. The average Bonchev–Trinajstić information content (AvgIpc) is 2.23. The van der Waals surface area contributed by atoms with Crippen LogP contribution in [-0.4, -0.2) is 5.91 Å². The Morgan fingerprint density at radius 3 is 2.80 bits per heavy atom. The number of rotatable bonds is 2. The van der Waals surface area contributed by atoms with Crippen LogP contribution in [0.5, 0.6) is 0 Å². The van der Waals surface area contributed by atoms with E-state index in [9.17, 15) is 13.6 Å². The number of amides is 1. The van der Waals surface area contributed by atoms with Crippen molar-refractivity contribution >= 4 is 11.6 Å². The smallest absolute Gasteiger partial charge is 0.241 e. The maximum absolute atomic E-state index is 13.1. The van der Waals surface area contributed by atoms with Crippen molar-refractivity contribution in [2.75, 3.05) is 5.32 Å². The second-order valence-corrected chi connectivity index (χ2v) is 2.94. The molecule has 0 fully saturated rings. The molecule has 1 amide bonds. The first kappa shape index (κ1) is 11.1. The number of halogens is 2. The SMILES string of the molecule is CC(C#N)C(=O)Nc1cccc(F)c1F. The Hall–Kier alpha value is -1.96. The Balaban J connectivity index is 2.87. The fourth-order valence-electron chi connectivity index (χ4n) is 0.900. The Morgan fingerprint density at radius 1 is 1.53 bits per heavy atom. The molecule has 0 spiro atoms. The van der Waals surface area contributed by atoms with Gasteiger partial charge >= 0.3 is 0 Å². The number of carbonyl (C=O) groups excluding carboxylic acids is 1. The third-order valence-electron chi connectivity index (χ3n) is 1.80. The molecule has 0 aliphatic heterocycles. The van der Waals surface area contributed by atoms with Crippen LogP contribution in [0.2, 0.25) is 0 Å². The van der Waals surface area contributed by atoms with Crippen molar-refractivity contribution < 1.29 is 13.6 Å². The van der Waals surface area contributed by atoms with Gasteiger partial charge in [-0.05, 0) is 19.1 Å². The van der Waals surface area contributed by atoms with Crippen LogP contribution in [0.15, 0.2) is 18.2 Å². The summed E-state index contributed by atoms with van der Waals surface area (Å²) in [5.41, 5.74) is -0.262. The van der Waals surface area contributed by atoms with Gasteiger partial charge in [0.15, 0.2) is 11.6 Å². The highest BCUT2D eigenvalue weighted by atomic mass is 19.2. The molecule has 78 valence electrons. The normalized spacial score (nSPS) is 11.6. The van der Waals surface area contributed by atoms with E-state index in [2.05, 4.69) is 5.32 Å². The van der Waals surface area contributed by atoms with E-state index in [1.807, 2.05) is 0 Å². The van der Waals surface area contributed by atoms with Gasteiger partial charge in [-0.2, -0.15) is 5.26 Å². The number of nitrogens with one attached hydrogen (secondary N) is 1. The molecule has 1 unspecified atom stereocenters. The van der Waals surface area contributed by atoms with Crippen LogP contribution >= 0.6 is 0 Å². The Kier molecular flexibility index (Phi) is 3.34. The molecule has 15 heavy (non-hydrogen) atoms. The van der Waals surface area contributed by atoms with E-state index < -0.39 is 23.5 Å². The maximum atomic E-state index is 13.1. The van der Waals surface area contributed by atoms with E-state index in [4.69, 9.17) is 5.26 Å². The molecule has 0 saturated carbocycles. The number of nitriles is 1. The van der Waals surface area contributed by atoms with Gasteiger partial charge in [0.25, 0.3) is 0 Å². The molecule has 0 heterocycles. The minimum atomic E-state index is -1.13. The molecule has 5 heteroatoms. The van der Waals surface area contributed by atoms with Crippen molar-refractivity contribution in [1.82, 2.24) is 0 Å². The summed E-state index contributed by atoms with van der Waals surface area (Å²) >= 11 is 0. The quantitative estimate of drug-likeness (QED) is 0.812. The lowest BCUT2D eigenvalue weighted by molar-refractivity contribution is -0.117. The molecule has 1 aromatic rings. The number of anilines is 1. The zero-order valence-electron chi connectivity index (χ0n) is 7.92. The van der Waals surface area contributed by atoms with Gasteiger partial charge in [-0.1, -0.05) is 6.07 Å². The van der Waals surface area contributed by atoms with Crippen molar-refractivity contribution in [2.45, 2.75) is 6.92 Å². The van der Waals surface area contributed by atoms with Crippen molar-refractivity contribution in [2.24, 2.45) is 5.92 Å². The number of carbonyl (C=O) groups is 1. The van der Waals surface area contributed by atoms with Gasteiger partial charge in [0.05, 0.1) is 11.8 Å².